The van der Waals surface area contributed by atoms with Gasteiger partial charge in [-0.2, -0.15) is 10.2 Å². The highest BCUT2D eigenvalue weighted by Gasteiger charge is 2.04. The maximum atomic E-state index is 11.6. The fraction of sp³-hybridized carbons (Fsp3) is 0. The van der Waals surface area contributed by atoms with E-state index in [-0.39, 0.29) is 5.43 Å². The van der Waals surface area contributed by atoms with E-state index >= 15 is 0 Å². The molecule has 15 heavy (non-hydrogen) atoms. The third kappa shape index (κ3) is 1.11. The lowest BCUT2D eigenvalue weighted by Gasteiger charge is -1.85. The second-order valence-electron chi connectivity index (χ2n) is 3.31. The molecule has 0 saturated heterocycles. The second kappa shape index (κ2) is 2.88. The van der Waals surface area contributed by atoms with E-state index in [1.165, 1.54) is 6.20 Å². The van der Waals surface area contributed by atoms with E-state index in [0.29, 0.717) is 5.52 Å². The number of hydrogen-bond donors (Lipinski definition) is 1. The van der Waals surface area contributed by atoms with Crippen LogP contribution in [0.3, 0.4) is 0 Å². The number of rotatable bonds is 0. The highest BCUT2D eigenvalue weighted by Crippen LogP contribution is 2.20. The Morgan fingerprint density at radius 1 is 1.00 bits per heavy atom. The number of nitrogens with zero attached hydrogens (tertiary/aromatic N) is 2. The molecule has 2 aromatic heterocycles. The minimum atomic E-state index is -0.140. The van der Waals surface area contributed by atoms with Crippen LogP contribution in [0.2, 0.25) is 0 Å². The first-order valence-electron chi connectivity index (χ1n) is 4.58. The first-order chi connectivity index (χ1) is 7.36. The maximum absolute atomic E-state index is 11.6. The number of aromatic amines is 1. The van der Waals surface area contributed by atoms with Crippen molar-refractivity contribution in [2.45, 2.75) is 0 Å². The van der Waals surface area contributed by atoms with Gasteiger partial charge in [-0.1, -0.05) is 18.2 Å². The molecule has 0 aliphatic rings. The lowest BCUT2D eigenvalue weighted by Crippen LogP contribution is -1.95. The third-order valence-electron chi connectivity index (χ3n) is 2.42. The number of fused-ring (bicyclic) bond motifs is 3. The molecule has 0 aliphatic heterocycles. The molecule has 0 spiro atoms. The molecule has 72 valence electrons. The number of H-pyrrole nitrogens is 1. The van der Waals surface area contributed by atoms with Gasteiger partial charge in [-0.15, -0.1) is 0 Å². The zero-order chi connectivity index (χ0) is 10.3. The molecule has 0 amide bonds. The monoisotopic (exact) mass is 197 g/mol. The molecule has 0 bridgehead atoms. The van der Waals surface area contributed by atoms with Gasteiger partial charge >= 0.3 is 0 Å². The predicted octanol–water partition coefficient (Wildman–Crippen LogP) is 1.47. The van der Waals surface area contributed by atoms with Crippen LogP contribution in [0.1, 0.15) is 0 Å². The van der Waals surface area contributed by atoms with Gasteiger partial charge in [-0.05, 0) is 6.07 Å². The Kier molecular flexibility index (Phi) is 1.56. The van der Waals surface area contributed by atoms with Crippen LogP contribution in [0.5, 0.6) is 0 Å². The molecule has 0 saturated carbocycles. The number of aromatic nitrogens is 3. The zero-order valence-corrected chi connectivity index (χ0v) is 7.77. The van der Waals surface area contributed by atoms with E-state index in [1.54, 1.807) is 6.20 Å². The van der Waals surface area contributed by atoms with E-state index in [4.69, 9.17) is 0 Å². The maximum Gasteiger partial charge on any atom is 0.222 e. The average molecular weight is 197 g/mol. The van der Waals surface area contributed by atoms with Crippen molar-refractivity contribution in [3.8, 4) is 0 Å². The highest BCUT2D eigenvalue weighted by molar-refractivity contribution is 6.06. The van der Waals surface area contributed by atoms with Crippen LogP contribution in [0.4, 0.5) is 0 Å². The van der Waals surface area contributed by atoms with Crippen molar-refractivity contribution in [2.24, 2.45) is 0 Å². The van der Waals surface area contributed by atoms with Crippen molar-refractivity contribution in [1.29, 1.82) is 0 Å². The fourth-order valence-electron chi connectivity index (χ4n) is 1.73. The smallest absolute Gasteiger partial charge is 0.222 e. The lowest BCUT2D eigenvalue weighted by molar-refractivity contribution is 1.05. The number of para-hydroxylation sites is 1. The van der Waals surface area contributed by atoms with E-state index in [9.17, 15) is 4.79 Å². The minimum absolute atomic E-state index is 0.140. The van der Waals surface area contributed by atoms with Gasteiger partial charge in [0.15, 0.2) is 0 Å². The Bertz CT molecular complexity index is 703. The summed E-state index contributed by atoms with van der Waals surface area (Å²) in [6, 6.07) is 7.74. The summed E-state index contributed by atoms with van der Waals surface area (Å²) < 4.78 is 0. The summed E-state index contributed by atoms with van der Waals surface area (Å²) in [5, 5.41) is 9.22. The largest absolute Gasteiger partial charge is 0.351 e. The van der Waals surface area contributed by atoms with Crippen molar-refractivity contribution in [2.75, 3.05) is 0 Å². The highest BCUT2D eigenvalue weighted by atomic mass is 16.1. The van der Waals surface area contributed by atoms with Crippen molar-refractivity contribution < 1.29 is 0 Å². The van der Waals surface area contributed by atoms with Crippen LogP contribution >= 0.6 is 0 Å². The molecule has 3 rings (SSSR count). The summed E-state index contributed by atoms with van der Waals surface area (Å²) >= 11 is 0. The second-order valence-corrected chi connectivity index (χ2v) is 3.31. The van der Waals surface area contributed by atoms with E-state index in [0.717, 1.165) is 16.3 Å². The number of nitrogens with one attached hydrogen (secondary N) is 1. The molecular weight excluding hydrogens is 190 g/mol. The topological polar surface area (TPSA) is 58.6 Å². The Hall–Kier alpha value is -2.23. The van der Waals surface area contributed by atoms with Gasteiger partial charge in [-0.3, -0.25) is 4.79 Å². The van der Waals surface area contributed by atoms with Gasteiger partial charge < -0.3 is 4.98 Å². The molecule has 0 atom stereocenters. The van der Waals surface area contributed by atoms with Crippen molar-refractivity contribution in [1.82, 2.24) is 15.2 Å². The Morgan fingerprint density at radius 3 is 2.73 bits per heavy atom. The Labute approximate surface area is 84.6 Å². The molecule has 3 aromatic rings. The van der Waals surface area contributed by atoms with Crippen LogP contribution in [0.15, 0.2) is 41.5 Å². The standard InChI is InChI=1S/C11H7N3O/c15-10-6-13-12-5-8-7-3-1-2-4-9(7)14-11(8)10/h1-6,14H. The third-order valence-corrected chi connectivity index (χ3v) is 2.42. The average Bonchev–Trinajstić information content (AvgIpc) is 2.54. The quantitative estimate of drug-likeness (QED) is 0.593. The lowest BCUT2D eigenvalue weighted by atomic mass is 10.2. The Balaban J connectivity index is 2.70. The van der Waals surface area contributed by atoms with Gasteiger partial charge in [0, 0.05) is 16.3 Å². The molecule has 4 heteroatoms. The molecular formula is C11H7N3O. The van der Waals surface area contributed by atoms with Crippen LogP contribution in [-0.2, 0) is 0 Å². The SMILES string of the molecule is O=c1cnncc2c1[nH]c1ccccc12. The van der Waals surface area contributed by atoms with E-state index < -0.39 is 0 Å². The minimum Gasteiger partial charge on any atom is -0.351 e. The summed E-state index contributed by atoms with van der Waals surface area (Å²) in [5.74, 6) is 0. The molecule has 0 fully saturated rings. The summed E-state index contributed by atoms with van der Waals surface area (Å²) in [6.45, 7) is 0. The summed E-state index contributed by atoms with van der Waals surface area (Å²) in [6.07, 6.45) is 2.83. The molecule has 2 heterocycles. The fourth-order valence-corrected chi connectivity index (χ4v) is 1.73. The molecule has 4 nitrogen and oxygen atoms in total. The van der Waals surface area contributed by atoms with Crippen LogP contribution in [0, 0.1) is 0 Å². The van der Waals surface area contributed by atoms with Gasteiger partial charge in [0.2, 0.25) is 5.43 Å². The van der Waals surface area contributed by atoms with Gasteiger partial charge in [0.1, 0.15) is 0 Å². The van der Waals surface area contributed by atoms with Crippen LogP contribution in [0.25, 0.3) is 21.8 Å². The van der Waals surface area contributed by atoms with E-state index in [1.807, 2.05) is 24.3 Å². The zero-order valence-electron chi connectivity index (χ0n) is 7.77. The van der Waals surface area contributed by atoms with Crippen molar-refractivity contribution in [3.63, 3.8) is 0 Å². The Morgan fingerprint density at radius 2 is 1.80 bits per heavy atom. The van der Waals surface area contributed by atoms with Gasteiger partial charge in [-0.25, -0.2) is 0 Å². The molecule has 0 aliphatic carbocycles. The normalized spacial score (nSPS) is 10.9. The summed E-state index contributed by atoms with van der Waals surface area (Å²) in [7, 11) is 0. The van der Waals surface area contributed by atoms with Crippen LogP contribution < -0.4 is 5.43 Å². The van der Waals surface area contributed by atoms with E-state index in [2.05, 4.69) is 15.2 Å². The summed E-state index contributed by atoms with van der Waals surface area (Å²) in [5.41, 5.74) is 1.36. The van der Waals surface area contributed by atoms with Crippen LogP contribution in [-0.4, -0.2) is 15.2 Å². The van der Waals surface area contributed by atoms with Gasteiger partial charge in [0.25, 0.3) is 0 Å². The first-order valence-corrected chi connectivity index (χ1v) is 4.58. The van der Waals surface area contributed by atoms with Crippen molar-refractivity contribution >= 4 is 21.8 Å². The van der Waals surface area contributed by atoms with Crippen molar-refractivity contribution in [3.05, 3.63) is 46.9 Å². The number of hydrogen-bond acceptors (Lipinski definition) is 3. The van der Waals surface area contributed by atoms with Gasteiger partial charge in [0.05, 0.1) is 17.9 Å². The predicted molar refractivity (Wildman–Crippen MR) is 57.7 cm³/mol. The molecule has 1 N–H and O–H groups in total. The molecule has 1 aromatic carbocycles. The number of benzene rings is 1. The summed E-state index contributed by atoms with van der Waals surface area (Å²) in [4.78, 5) is 14.7. The molecule has 0 radical (unpaired) electrons. The first kappa shape index (κ1) is 8.11. The molecule has 0 unspecified atom stereocenters.